The largest absolute Gasteiger partial charge is 0.327 e. The summed E-state index contributed by atoms with van der Waals surface area (Å²) in [6, 6.07) is 1.88. The number of aromatic amines is 1. The molecule has 0 radical (unpaired) electrons. The minimum Gasteiger partial charge on any atom is -0.327 e. The van der Waals surface area contributed by atoms with Crippen LogP contribution in [0.2, 0.25) is 0 Å². The maximum absolute atomic E-state index is 13.1. The van der Waals surface area contributed by atoms with Gasteiger partial charge in [0.05, 0.1) is 11.7 Å². The molecule has 2 aromatic heterocycles. The molecule has 0 aromatic carbocycles. The standard InChI is InChI=1S/C18H24N6O/c1-23(2)11-12-8-9-19-17(20-12)15-7-4-10-24(15)18(25)16-13-5-3-6-14(13)21-22-16/h8-9,15H,3-7,10-11H2,1-2H3,(H,21,22)/t15-/m1/s1. The van der Waals surface area contributed by atoms with Crippen molar-refractivity contribution >= 4 is 5.91 Å². The molecule has 7 heteroatoms. The average molecular weight is 340 g/mol. The summed E-state index contributed by atoms with van der Waals surface area (Å²) < 4.78 is 0. The SMILES string of the molecule is CN(C)Cc1ccnc([C@H]2CCCN2C(=O)c2n[nH]c3c2CCC3)n1. The molecule has 1 amide bonds. The Morgan fingerprint density at radius 1 is 1.36 bits per heavy atom. The first-order valence-corrected chi connectivity index (χ1v) is 8.97. The summed E-state index contributed by atoms with van der Waals surface area (Å²) in [5, 5.41) is 7.35. The number of H-pyrrole nitrogens is 1. The number of nitrogens with one attached hydrogen (secondary N) is 1. The Hall–Kier alpha value is -2.28. The van der Waals surface area contributed by atoms with Gasteiger partial charge in [0.2, 0.25) is 0 Å². The molecular weight excluding hydrogens is 316 g/mol. The molecule has 1 atom stereocenters. The number of rotatable bonds is 4. The highest BCUT2D eigenvalue weighted by atomic mass is 16.2. The maximum Gasteiger partial charge on any atom is 0.275 e. The fourth-order valence-electron chi connectivity index (χ4n) is 3.90. The van der Waals surface area contributed by atoms with Crippen molar-refractivity contribution in [1.29, 1.82) is 0 Å². The molecule has 2 aromatic rings. The summed E-state index contributed by atoms with van der Waals surface area (Å²) in [5.74, 6) is 0.765. The molecule has 1 aliphatic heterocycles. The van der Waals surface area contributed by atoms with Gasteiger partial charge in [0.15, 0.2) is 11.5 Å². The van der Waals surface area contributed by atoms with E-state index in [2.05, 4.69) is 20.1 Å². The molecular formula is C18H24N6O. The fourth-order valence-corrected chi connectivity index (χ4v) is 3.90. The zero-order valence-corrected chi connectivity index (χ0v) is 14.8. The number of carbonyl (C=O) groups is 1. The molecule has 1 aliphatic carbocycles. The van der Waals surface area contributed by atoms with Crippen LogP contribution in [0.25, 0.3) is 0 Å². The Morgan fingerprint density at radius 2 is 2.24 bits per heavy atom. The lowest BCUT2D eigenvalue weighted by Gasteiger charge is -2.23. The first-order chi connectivity index (χ1) is 12.1. The highest BCUT2D eigenvalue weighted by Gasteiger charge is 2.35. The van der Waals surface area contributed by atoms with E-state index in [4.69, 9.17) is 4.98 Å². The number of aryl methyl sites for hydroxylation is 1. The molecule has 1 N–H and O–H groups in total. The Kier molecular flexibility index (Phi) is 4.25. The third-order valence-electron chi connectivity index (χ3n) is 5.03. The van der Waals surface area contributed by atoms with Gasteiger partial charge in [-0.2, -0.15) is 5.10 Å². The van der Waals surface area contributed by atoms with E-state index in [-0.39, 0.29) is 11.9 Å². The normalized spacial score (nSPS) is 19.6. The topological polar surface area (TPSA) is 78.0 Å². The zero-order valence-electron chi connectivity index (χ0n) is 14.8. The summed E-state index contributed by atoms with van der Waals surface area (Å²) in [6.45, 7) is 1.51. The number of fused-ring (bicyclic) bond motifs is 1. The Labute approximate surface area is 147 Å². The van der Waals surface area contributed by atoms with Crippen molar-refractivity contribution in [3.63, 3.8) is 0 Å². The lowest BCUT2D eigenvalue weighted by atomic mass is 10.1. The van der Waals surface area contributed by atoms with Crippen molar-refractivity contribution in [3.8, 4) is 0 Å². The van der Waals surface area contributed by atoms with Gasteiger partial charge in [-0.05, 0) is 52.3 Å². The monoisotopic (exact) mass is 340 g/mol. The second-order valence-electron chi connectivity index (χ2n) is 7.18. The predicted molar refractivity (Wildman–Crippen MR) is 93.0 cm³/mol. The number of amides is 1. The quantitative estimate of drug-likeness (QED) is 0.917. The van der Waals surface area contributed by atoms with Gasteiger partial charge in [0, 0.05) is 30.5 Å². The fraction of sp³-hybridized carbons (Fsp3) is 0.556. The van der Waals surface area contributed by atoms with Crippen LogP contribution < -0.4 is 0 Å². The van der Waals surface area contributed by atoms with Crippen LogP contribution in [-0.4, -0.2) is 56.5 Å². The van der Waals surface area contributed by atoms with Gasteiger partial charge < -0.3 is 9.80 Å². The number of carbonyl (C=O) groups excluding carboxylic acids is 1. The second kappa shape index (κ2) is 6.55. The van der Waals surface area contributed by atoms with Gasteiger partial charge in [0.1, 0.15) is 0 Å². The number of hydrogen-bond acceptors (Lipinski definition) is 5. The number of hydrogen-bond donors (Lipinski definition) is 1. The van der Waals surface area contributed by atoms with Crippen LogP contribution >= 0.6 is 0 Å². The van der Waals surface area contributed by atoms with Crippen molar-refractivity contribution in [2.24, 2.45) is 0 Å². The van der Waals surface area contributed by atoms with E-state index in [1.165, 1.54) is 0 Å². The van der Waals surface area contributed by atoms with Crippen LogP contribution in [0.15, 0.2) is 12.3 Å². The first-order valence-electron chi connectivity index (χ1n) is 8.97. The third kappa shape index (κ3) is 3.04. The van der Waals surface area contributed by atoms with Gasteiger partial charge in [-0.15, -0.1) is 0 Å². The molecule has 0 saturated carbocycles. The second-order valence-corrected chi connectivity index (χ2v) is 7.18. The van der Waals surface area contributed by atoms with Gasteiger partial charge in [-0.3, -0.25) is 9.89 Å². The highest BCUT2D eigenvalue weighted by Crippen LogP contribution is 2.33. The van der Waals surface area contributed by atoms with E-state index < -0.39 is 0 Å². The van der Waals surface area contributed by atoms with Crippen LogP contribution in [0.4, 0.5) is 0 Å². The van der Waals surface area contributed by atoms with Gasteiger partial charge >= 0.3 is 0 Å². The lowest BCUT2D eigenvalue weighted by Crippen LogP contribution is -2.32. The summed E-state index contributed by atoms with van der Waals surface area (Å²) >= 11 is 0. The van der Waals surface area contributed by atoms with Crippen LogP contribution in [0.1, 0.15) is 58.6 Å². The summed E-state index contributed by atoms with van der Waals surface area (Å²) in [7, 11) is 4.04. The van der Waals surface area contributed by atoms with Crippen molar-refractivity contribution in [2.45, 2.75) is 44.7 Å². The smallest absolute Gasteiger partial charge is 0.275 e. The van der Waals surface area contributed by atoms with Crippen LogP contribution in [0.3, 0.4) is 0 Å². The molecule has 0 bridgehead atoms. The van der Waals surface area contributed by atoms with Gasteiger partial charge in [0.25, 0.3) is 5.91 Å². The Bertz CT molecular complexity index is 784. The molecule has 25 heavy (non-hydrogen) atoms. The molecule has 2 aliphatic rings. The van der Waals surface area contributed by atoms with Crippen molar-refractivity contribution < 1.29 is 4.79 Å². The van der Waals surface area contributed by atoms with E-state index in [1.807, 2.05) is 25.1 Å². The van der Waals surface area contributed by atoms with Crippen LogP contribution in [0, 0.1) is 0 Å². The van der Waals surface area contributed by atoms with Gasteiger partial charge in [-0.25, -0.2) is 9.97 Å². The lowest BCUT2D eigenvalue weighted by molar-refractivity contribution is 0.0722. The predicted octanol–water partition coefficient (Wildman–Crippen LogP) is 1.73. The van der Waals surface area contributed by atoms with E-state index in [0.717, 1.165) is 68.0 Å². The van der Waals surface area contributed by atoms with Crippen molar-refractivity contribution in [3.05, 3.63) is 40.7 Å². The molecule has 3 heterocycles. The maximum atomic E-state index is 13.1. The first kappa shape index (κ1) is 16.2. The number of nitrogens with zero attached hydrogens (tertiary/aromatic N) is 5. The number of likely N-dealkylation sites (tertiary alicyclic amines) is 1. The highest BCUT2D eigenvalue weighted by molar-refractivity contribution is 5.94. The summed E-state index contributed by atoms with van der Waals surface area (Å²) in [4.78, 5) is 26.3. The molecule has 0 spiro atoms. The zero-order chi connectivity index (χ0) is 17.4. The molecule has 1 fully saturated rings. The average Bonchev–Trinajstić information content (AvgIpc) is 3.30. The van der Waals surface area contributed by atoms with E-state index in [9.17, 15) is 4.79 Å². The molecule has 1 saturated heterocycles. The van der Waals surface area contributed by atoms with Crippen molar-refractivity contribution in [2.75, 3.05) is 20.6 Å². The van der Waals surface area contributed by atoms with Crippen LogP contribution in [-0.2, 0) is 19.4 Å². The third-order valence-corrected chi connectivity index (χ3v) is 5.03. The van der Waals surface area contributed by atoms with Gasteiger partial charge in [-0.1, -0.05) is 0 Å². The number of aromatic nitrogens is 4. The Morgan fingerprint density at radius 3 is 3.08 bits per heavy atom. The summed E-state index contributed by atoms with van der Waals surface area (Å²) in [5.41, 5.74) is 3.82. The van der Waals surface area contributed by atoms with E-state index in [1.54, 1.807) is 6.20 Å². The Balaban J connectivity index is 1.59. The van der Waals surface area contributed by atoms with Crippen LogP contribution in [0.5, 0.6) is 0 Å². The minimum absolute atomic E-state index is 0.0171. The minimum atomic E-state index is -0.0524. The van der Waals surface area contributed by atoms with E-state index in [0.29, 0.717) is 5.69 Å². The summed E-state index contributed by atoms with van der Waals surface area (Å²) in [6.07, 6.45) is 6.72. The molecule has 0 unspecified atom stereocenters. The molecule has 4 rings (SSSR count). The molecule has 7 nitrogen and oxygen atoms in total. The van der Waals surface area contributed by atoms with E-state index >= 15 is 0 Å². The molecule has 132 valence electrons. The van der Waals surface area contributed by atoms with Crippen molar-refractivity contribution in [1.82, 2.24) is 30.0 Å².